The third-order valence-corrected chi connectivity index (χ3v) is 4.04. The summed E-state index contributed by atoms with van der Waals surface area (Å²) in [5.74, 6) is 0. The summed E-state index contributed by atoms with van der Waals surface area (Å²) >= 11 is 3.47. The Labute approximate surface area is 98.7 Å². The summed E-state index contributed by atoms with van der Waals surface area (Å²) in [4.78, 5) is 0. The molecule has 2 aliphatic carbocycles. The molecule has 0 aromatic rings. The smallest absolute Gasteiger partial charge is 0.0867 e. The van der Waals surface area contributed by atoms with Crippen molar-refractivity contribution in [2.45, 2.75) is 44.1 Å². The summed E-state index contributed by atoms with van der Waals surface area (Å²) in [5.41, 5.74) is 1.31. The largest absolute Gasteiger partial charge is 0.385 e. The third kappa shape index (κ3) is 2.40. The number of rotatable bonds is 1. The van der Waals surface area contributed by atoms with Crippen LogP contribution in [0.2, 0.25) is 0 Å². The van der Waals surface area contributed by atoms with E-state index in [1.54, 1.807) is 0 Å². The third-order valence-electron chi connectivity index (χ3n) is 3.38. The fourth-order valence-corrected chi connectivity index (χ4v) is 2.62. The Morgan fingerprint density at radius 3 is 2.33 bits per heavy atom. The van der Waals surface area contributed by atoms with Crippen molar-refractivity contribution in [3.8, 4) is 0 Å². The highest BCUT2D eigenvalue weighted by Crippen LogP contribution is 2.38. The number of aliphatic hydroxyl groups is 1. The molecular formula is C12H16BrNO. The Morgan fingerprint density at radius 2 is 1.80 bits per heavy atom. The summed E-state index contributed by atoms with van der Waals surface area (Å²) in [6, 6.07) is 0. The van der Waals surface area contributed by atoms with E-state index in [0.717, 1.165) is 49.8 Å². The zero-order valence-electron chi connectivity index (χ0n) is 8.72. The minimum atomic E-state index is -0.630. The molecular weight excluding hydrogens is 254 g/mol. The predicted molar refractivity (Wildman–Crippen MR) is 65.5 cm³/mol. The molecule has 0 unspecified atom stereocenters. The van der Waals surface area contributed by atoms with Crippen molar-refractivity contribution >= 4 is 21.6 Å². The van der Waals surface area contributed by atoms with Crippen molar-refractivity contribution < 1.29 is 5.11 Å². The van der Waals surface area contributed by atoms with E-state index in [1.165, 1.54) is 4.48 Å². The van der Waals surface area contributed by atoms with Gasteiger partial charge in [-0.25, -0.2) is 0 Å². The maximum Gasteiger partial charge on any atom is 0.0867 e. The standard InChI is InChI=1S/C12H16BrNO/c13-10-3-1-9(2-4-10)12(15)7-5-11(14)6-8-12/h1,3,14-15H,2,4-8H2. The van der Waals surface area contributed by atoms with Gasteiger partial charge in [-0.3, -0.25) is 0 Å². The van der Waals surface area contributed by atoms with Gasteiger partial charge in [0.05, 0.1) is 5.60 Å². The fraction of sp³-hybridized carbons (Fsp3) is 0.583. The van der Waals surface area contributed by atoms with Crippen molar-refractivity contribution in [1.82, 2.24) is 0 Å². The molecule has 3 heteroatoms. The first kappa shape index (κ1) is 11.1. The van der Waals surface area contributed by atoms with Crippen LogP contribution in [0, 0.1) is 5.41 Å². The highest BCUT2D eigenvalue weighted by molar-refractivity contribution is 9.11. The number of hydrogen-bond acceptors (Lipinski definition) is 2. The first-order valence-electron chi connectivity index (χ1n) is 5.44. The molecule has 0 heterocycles. The number of hydrogen-bond donors (Lipinski definition) is 2. The Kier molecular flexibility index (Phi) is 3.12. The van der Waals surface area contributed by atoms with Crippen LogP contribution in [0.5, 0.6) is 0 Å². The molecule has 0 amide bonds. The van der Waals surface area contributed by atoms with Crippen LogP contribution in [-0.4, -0.2) is 16.4 Å². The molecule has 0 bridgehead atoms. The molecule has 15 heavy (non-hydrogen) atoms. The highest BCUT2D eigenvalue weighted by Gasteiger charge is 2.34. The summed E-state index contributed by atoms with van der Waals surface area (Å²) in [6.07, 6.45) is 8.97. The molecule has 0 aromatic heterocycles. The van der Waals surface area contributed by atoms with Gasteiger partial charge < -0.3 is 10.5 Å². The second-order valence-corrected chi connectivity index (χ2v) is 5.46. The van der Waals surface area contributed by atoms with Crippen molar-refractivity contribution in [2.75, 3.05) is 0 Å². The minimum Gasteiger partial charge on any atom is -0.385 e. The molecule has 2 N–H and O–H groups in total. The van der Waals surface area contributed by atoms with E-state index in [0.29, 0.717) is 0 Å². The van der Waals surface area contributed by atoms with E-state index < -0.39 is 5.60 Å². The highest BCUT2D eigenvalue weighted by atomic mass is 79.9. The van der Waals surface area contributed by atoms with Crippen molar-refractivity contribution in [2.24, 2.45) is 0 Å². The van der Waals surface area contributed by atoms with Crippen molar-refractivity contribution in [3.05, 3.63) is 22.2 Å². The van der Waals surface area contributed by atoms with Crippen LogP contribution in [0.15, 0.2) is 22.2 Å². The quantitative estimate of drug-likeness (QED) is 0.754. The van der Waals surface area contributed by atoms with Gasteiger partial charge in [-0.2, -0.15) is 0 Å². The molecule has 2 nitrogen and oxygen atoms in total. The van der Waals surface area contributed by atoms with Gasteiger partial charge in [0.25, 0.3) is 0 Å². The maximum absolute atomic E-state index is 10.5. The lowest BCUT2D eigenvalue weighted by Crippen LogP contribution is -2.36. The molecule has 0 aliphatic heterocycles. The second-order valence-electron chi connectivity index (χ2n) is 4.44. The van der Waals surface area contributed by atoms with Crippen LogP contribution >= 0.6 is 15.9 Å². The summed E-state index contributed by atoms with van der Waals surface area (Å²) < 4.78 is 1.21. The van der Waals surface area contributed by atoms with Gasteiger partial charge in [-0.05, 0) is 48.6 Å². The Bertz CT molecular complexity index is 334. The maximum atomic E-state index is 10.5. The molecule has 0 saturated heterocycles. The lowest BCUT2D eigenvalue weighted by atomic mass is 9.76. The average molecular weight is 270 g/mol. The molecule has 2 rings (SSSR count). The first-order valence-corrected chi connectivity index (χ1v) is 6.24. The zero-order valence-corrected chi connectivity index (χ0v) is 10.3. The van der Waals surface area contributed by atoms with Gasteiger partial charge in [-0.15, -0.1) is 0 Å². The average Bonchev–Trinajstić information content (AvgIpc) is 2.24. The SMILES string of the molecule is N=C1CCC(O)(C2=CC=C(Br)CC2)CC1. The normalized spacial score (nSPS) is 32.3. The summed E-state index contributed by atoms with van der Waals surface area (Å²) in [7, 11) is 0. The van der Waals surface area contributed by atoms with Gasteiger partial charge >= 0.3 is 0 Å². The van der Waals surface area contributed by atoms with E-state index in [9.17, 15) is 5.11 Å². The summed E-state index contributed by atoms with van der Waals surface area (Å²) in [5, 5.41) is 18.1. The molecule has 82 valence electrons. The Hall–Kier alpha value is -0.410. The fourth-order valence-electron chi connectivity index (χ4n) is 2.29. The van der Waals surface area contributed by atoms with E-state index in [1.807, 2.05) is 12.2 Å². The van der Waals surface area contributed by atoms with Crippen LogP contribution in [0.1, 0.15) is 38.5 Å². The number of halogens is 1. The van der Waals surface area contributed by atoms with Crippen LogP contribution in [0.25, 0.3) is 0 Å². The lowest BCUT2D eigenvalue weighted by molar-refractivity contribution is 0.0539. The number of nitrogens with one attached hydrogen (secondary N) is 1. The van der Waals surface area contributed by atoms with Gasteiger partial charge in [0, 0.05) is 5.71 Å². The minimum absolute atomic E-state index is 0.630. The second kappa shape index (κ2) is 4.22. The van der Waals surface area contributed by atoms with Gasteiger partial charge in [0.2, 0.25) is 0 Å². The van der Waals surface area contributed by atoms with Crippen LogP contribution in [0.4, 0.5) is 0 Å². The van der Waals surface area contributed by atoms with Gasteiger partial charge in [-0.1, -0.05) is 28.1 Å². The molecule has 0 radical (unpaired) electrons. The lowest BCUT2D eigenvalue weighted by Gasteiger charge is -2.35. The number of allylic oxidation sites excluding steroid dienone is 3. The zero-order chi connectivity index (χ0) is 10.9. The monoisotopic (exact) mass is 269 g/mol. The topological polar surface area (TPSA) is 44.1 Å². The van der Waals surface area contributed by atoms with E-state index in [4.69, 9.17) is 5.41 Å². The molecule has 2 aliphatic rings. The van der Waals surface area contributed by atoms with Crippen molar-refractivity contribution in [3.63, 3.8) is 0 Å². The Morgan fingerprint density at radius 1 is 1.13 bits per heavy atom. The van der Waals surface area contributed by atoms with E-state index in [-0.39, 0.29) is 0 Å². The van der Waals surface area contributed by atoms with E-state index >= 15 is 0 Å². The van der Waals surface area contributed by atoms with Crippen LogP contribution in [0.3, 0.4) is 0 Å². The molecule has 1 saturated carbocycles. The first-order chi connectivity index (χ1) is 7.10. The summed E-state index contributed by atoms with van der Waals surface area (Å²) in [6.45, 7) is 0. The molecule has 0 atom stereocenters. The van der Waals surface area contributed by atoms with Gasteiger partial charge in [0.15, 0.2) is 0 Å². The van der Waals surface area contributed by atoms with Crippen LogP contribution < -0.4 is 0 Å². The van der Waals surface area contributed by atoms with Crippen LogP contribution in [-0.2, 0) is 0 Å². The molecule has 0 aromatic carbocycles. The van der Waals surface area contributed by atoms with Gasteiger partial charge in [0.1, 0.15) is 0 Å². The predicted octanol–water partition coefficient (Wildman–Crippen LogP) is 3.31. The molecule has 1 fully saturated rings. The Balaban J connectivity index is 2.13. The molecule has 0 spiro atoms. The van der Waals surface area contributed by atoms with E-state index in [2.05, 4.69) is 15.9 Å². The van der Waals surface area contributed by atoms with Crippen molar-refractivity contribution in [1.29, 1.82) is 5.41 Å².